The summed E-state index contributed by atoms with van der Waals surface area (Å²) in [5.74, 6) is 0.614. The first-order chi connectivity index (χ1) is 17.4. The fourth-order valence-electron chi connectivity index (χ4n) is 6.23. The van der Waals surface area contributed by atoms with Gasteiger partial charge in [-0.25, -0.2) is 0 Å². The van der Waals surface area contributed by atoms with Gasteiger partial charge in [-0.1, -0.05) is 54.6 Å². The van der Waals surface area contributed by atoms with Gasteiger partial charge >= 0.3 is 0 Å². The van der Waals surface area contributed by atoms with Crippen molar-refractivity contribution in [1.29, 1.82) is 0 Å². The van der Waals surface area contributed by atoms with Gasteiger partial charge in [-0.2, -0.15) is 0 Å². The lowest BCUT2D eigenvalue weighted by Crippen LogP contribution is -2.38. The monoisotopic (exact) mass is 526 g/mol. The van der Waals surface area contributed by atoms with Gasteiger partial charge in [-0.05, 0) is 66.1 Å². The number of carbonyl (C=O) groups is 3. The first-order valence-corrected chi connectivity index (χ1v) is 13.9. The lowest BCUT2D eigenvalue weighted by molar-refractivity contribution is -0.123. The summed E-state index contributed by atoms with van der Waals surface area (Å²) >= 11 is 13.8. The van der Waals surface area contributed by atoms with E-state index < -0.39 is 0 Å². The van der Waals surface area contributed by atoms with Crippen LogP contribution in [0.3, 0.4) is 0 Å². The van der Waals surface area contributed by atoms with E-state index in [0.29, 0.717) is 54.0 Å². The molecule has 0 spiro atoms. The summed E-state index contributed by atoms with van der Waals surface area (Å²) in [4.78, 5) is 38.8. The molecular weight excluding hydrogens is 495 g/mol. The number of amides is 2. The molecule has 0 bridgehead atoms. The second-order valence-electron chi connectivity index (χ2n) is 10.4. The molecule has 1 saturated carbocycles. The normalized spacial score (nSPS) is 21.9. The van der Waals surface area contributed by atoms with Gasteiger partial charge < -0.3 is 10.2 Å². The minimum absolute atomic E-state index is 0.0262. The first-order valence-electron chi connectivity index (χ1n) is 13.1. The van der Waals surface area contributed by atoms with Gasteiger partial charge in [0.25, 0.3) is 5.91 Å². The van der Waals surface area contributed by atoms with E-state index in [1.54, 1.807) is 4.90 Å². The Morgan fingerprint density at radius 1 is 0.889 bits per heavy atom. The highest BCUT2D eigenvalue weighted by molar-refractivity contribution is 6.36. The molecule has 0 radical (unpaired) electrons. The van der Waals surface area contributed by atoms with Crippen LogP contribution < -0.4 is 5.32 Å². The van der Waals surface area contributed by atoms with Crippen molar-refractivity contribution in [2.75, 3.05) is 19.6 Å². The number of benzene rings is 2. The van der Waals surface area contributed by atoms with E-state index in [1.807, 2.05) is 36.4 Å². The maximum absolute atomic E-state index is 12.8. The number of Topliss-reactive ketones (excluding diaryl/α,β-unsaturated/α-hetero) is 1. The molecule has 2 atom stereocenters. The second-order valence-corrected chi connectivity index (χ2v) is 11.2. The number of halogens is 2. The van der Waals surface area contributed by atoms with Crippen LogP contribution in [0.15, 0.2) is 36.4 Å². The summed E-state index contributed by atoms with van der Waals surface area (Å²) in [5.41, 5.74) is 3.31. The van der Waals surface area contributed by atoms with E-state index in [1.165, 1.54) is 19.3 Å². The minimum atomic E-state index is -0.0932. The summed E-state index contributed by atoms with van der Waals surface area (Å²) in [6, 6.07) is 11.3. The van der Waals surface area contributed by atoms with Crippen molar-refractivity contribution in [1.82, 2.24) is 10.2 Å². The number of likely N-dealkylation sites (tertiary alicyclic amines) is 1. The molecule has 2 saturated heterocycles. The smallest absolute Gasteiger partial charge is 0.253 e. The van der Waals surface area contributed by atoms with Gasteiger partial charge in [-0.15, -0.1) is 0 Å². The van der Waals surface area contributed by atoms with Crippen molar-refractivity contribution < 1.29 is 14.4 Å². The predicted octanol–water partition coefficient (Wildman–Crippen LogP) is 6.27. The highest BCUT2D eigenvalue weighted by atomic mass is 35.5. The highest BCUT2D eigenvalue weighted by Crippen LogP contribution is 2.48. The van der Waals surface area contributed by atoms with Crippen molar-refractivity contribution in [2.24, 2.45) is 11.8 Å². The summed E-state index contributed by atoms with van der Waals surface area (Å²) in [5, 5.41) is 4.21. The van der Waals surface area contributed by atoms with Crippen LogP contribution in [0.25, 0.3) is 11.1 Å². The van der Waals surface area contributed by atoms with Crippen LogP contribution in [0.5, 0.6) is 0 Å². The molecule has 2 unspecified atom stereocenters. The maximum Gasteiger partial charge on any atom is 0.253 e. The average Bonchev–Trinajstić information content (AvgIpc) is 3.32. The highest BCUT2D eigenvalue weighted by Gasteiger charge is 2.40. The van der Waals surface area contributed by atoms with Gasteiger partial charge in [0.2, 0.25) is 5.91 Å². The lowest BCUT2D eigenvalue weighted by Gasteiger charge is -2.34. The van der Waals surface area contributed by atoms with E-state index in [2.05, 4.69) is 5.32 Å². The summed E-state index contributed by atoms with van der Waals surface area (Å²) in [7, 11) is 0. The van der Waals surface area contributed by atoms with Crippen LogP contribution in [0.2, 0.25) is 10.0 Å². The van der Waals surface area contributed by atoms with Crippen LogP contribution in [0.4, 0.5) is 0 Å². The van der Waals surface area contributed by atoms with Crippen LogP contribution in [-0.4, -0.2) is 42.1 Å². The van der Waals surface area contributed by atoms with Crippen LogP contribution in [0.1, 0.15) is 73.2 Å². The van der Waals surface area contributed by atoms with E-state index in [-0.39, 0.29) is 29.4 Å². The number of piperidine rings is 1. The Hall–Kier alpha value is -2.37. The van der Waals surface area contributed by atoms with E-state index >= 15 is 0 Å². The third-order valence-corrected chi connectivity index (χ3v) is 8.79. The van der Waals surface area contributed by atoms with Crippen molar-refractivity contribution in [3.63, 3.8) is 0 Å². The van der Waals surface area contributed by atoms with Gasteiger partial charge in [0.05, 0.1) is 0 Å². The standard InChI is InChI=1S/C29H32Cl2N2O3/c30-24-16-21(18-6-8-20(9-7-18)29(36)33-14-11-22(34)12-15-33)17-25(31)27(24)26(19-4-2-1-3-5-19)23-10-13-32-28(23)35/h6-9,16-17,19,23,26H,1-5,10-15H2,(H,32,35). The Morgan fingerprint density at radius 3 is 2.11 bits per heavy atom. The number of carbonyl (C=O) groups excluding carboxylic acids is 3. The molecule has 1 aliphatic carbocycles. The Balaban J connectivity index is 1.40. The molecule has 3 fully saturated rings. The molecule has 36 heavy (non-hydrogen) atoms. The first kappa shape index (κ1) is 25.3. The molecule has 5 nitrogen and oxygen atoms in total. The largest absolute Gasteiger partial charge is 0.356 e. The summed E-state index contributed by atoms with van der Waals surface area (Å²) in [6.07, 6.45) is 7.48. The molecule has 2 aliphatic heterocycles. The van der Waals surface area contributed by atoms with Crippen molar-refractivity contribution in [3.05, 3.63) is 57.6 Å². The molecule has 5 rings (SSSR count). The van der Waals surface area contributed by atoms with Gasteiger partial charge in [0.1, 0.15) is 5.78 Å². The molecule has 2 aromatic rings. The van der Waals surface area contributed by atoms with Crippen molar-refractivity contribution in [3.8, 4) is 11.1 Å². The molecule has 2 heterocycles. The third-order valence-electron chi connectivity index (χ3n) is 8.17. The van der Waals surface area contributed by atoms with Crippen molar-refractivity contribution in [2.45, 2.75) is 57.3 Å². The molecule has 2 aromatic carbocycles. The quantitative estimate of drug-likeness (QED) is 0.499. The van der Waals surface area contributed by atoms with Crippen LogP contribution in [-0.2, 0) is 9.59 Å². The molecule has 3 aliphatic rings. The summed E-state index contributed by atoms with van der Waals surface area (Å²) in [6.45, 7) is 1.67. The molecule has 0 aromatic heterocycles. The fourth-order valence-corrected chi connectivity index (χ4v) is 6.97. The number of rotatable bonds is 5. The van der Waals surface area contributed by atoms with E-state index in [4.69, 9.17) is 23.2 Å². The fraction of sp³-hybridized carbons (Fsp3) is 0.483. The average molecular weight is 527 g/mol. The van der Waals surface area contributed by atoms with Crippen molar-refractivity contribution >= 4 is 40.8 Å². The number of hydrogen-bond donors (Lipinski definition) is 1. The van der Waals surface area contributed by atoms with Gasteiger partial charge in [0, 0.05) is 59.9 Å². The molecular formula is C29H32Cl2N2O3. The number of nitrogens with one attached hydrogen (secondary N) is 1. The Kier molecular flexibility index (Phi) is 7.68. The molecule has 7 heteroatoms. The second kappa shape index (κ2) is 10.9. The molecule has 1 N–H and O–H groups in total. The van der Waals surface area contributed by atoms with Gasteiger partial charge in [-0.3, -0.25) is 14.4 Å². The zero-order valence-corrected chi connectivity index (χ0v) is 21.9. The van der Waals surface area contributed by atoms with E-state index in [9.17, 15) is 14.4 Å². The topological polar surface area (TPSA) is 66.5 Å². The number of nitrogens with zero attached hydrogens (tertiary/aromatic N) is 1. The molecule has 190 valence electrons. The predicted molar refractivity (Wildman–Crippen MR) is 142 cm³/mol. The Morgan fingerprint density at radius 2 is 1.53 bits per heavy atom. The van der Waals surface area contributed by atoms with E-state index in [0.717, 1.165) is 36.0 Å². The number of ketones is 1. The van der Waals surface area contributed by atoms with Crippen LogP contribution >= 0.6 is 23.2 Å². The number of hydrogen-bond acceptors (Lipinski definition) is 3. The Labute approximate surface area is 222 Å². The SMILES string of the molecule is O=C1CCN(C(=O)c2ccc(-c3cc(Cl)c(C(C4CCCCC4)C4CCNC4=O)c(Cl)c3)cc2)CC1. The zero-order chi connectivity index (χ0) is 25.2. The lowest BCUT2D eigenvalue weighted by atomic mass is 9.70. The Bertz CT molecular complexity index is 1120. The minimum Gasteiger partial charge on any atom is -0.356 e. The summed E-state index contributed by atoms with van der Waals surface area (Å²) < 4.78 is 0. The third kappa shape index (κ3) is 5.19. The zero-order valence-electron chi connectivity index (χ0n) is 20.4. The van der Waals surface area contributed by atoms with Crippen LogP contribution in [0, 0.1) is 11.8 Å². The molecule has 2 amide bonds. The maximum atomic E-state index is 12.8. The van der Waals surface area contributed by atoms with Gasteiger partial charge in [0.15, 0.2) is 0 Å².